The van der Waals surface area contributed by atoms with Gasteiger partial charge in [0, 0.05) is 52.7 Å². The van der Waals surface area contributed by atoms with Crippen molar-refractivity contribution < 1.29 is 22.3 Å². The third kappa shape index (κ3) is 5.43. The lowest BCUT2D eigenvalue weighted by Gasteiger charge is -2.38. The summed E-state index contributed by atoms with van der Waals surface area (Å²) in [5.74, 6) is -0.874. The summed E-state index contributed by atoms with van der Waals surface area (Å²) < 4.78 is 47.0. The number of ether oxygens (including phenoxy) is 1. The molecule has 0 saturated carbocycles. The van der Waals surface area contributed by atoms with E-state index >= 15 is 0 Å². The number of aryl methyl sites for hydroxylation is 1. The molecule has 2 aliphatic rings. The Labute approximate surface area is 194 Å². The van der Waals surface area contributed by atoms with Crippen molar-refractivity contribution in [2.45, 2.75) is 37.4 Å². The van der Waals surface area contributed by atoms with Gasteiger partial charge in [0.25, 0.3) is 0 Å². The van der Waals surface area contributed by atoms with E-state index in [0.717, 1.165) is 19.2 Å². The minimum absolute atomic E-state index is 0.00151. The summed E-state index contributed by atoms with van der Waals surface area (Å²) in [4.78, 5) is 16.2. The normalized spacial score (nSPS) is 23.0. The van der Waals surface area contributed by atoms with Crippen molar-refractivity contribution in [3.63, 3.8) is 0 Å². The lowest BCUT2D eigenvalue weighted by Crippen LogP contribution is -2.55. The van der Waals surface area contributed by atoms with E-state index in [1.165, 1.54) is 28.9 Å². The number of halogens is 1. The quantitative estimate of drug-likeness (QED) is 0.597. The zero-order valence-corrected chi connectivity index (χ0v) is 19.8. The van der Waals surface area contributed by atoms with Crippen LogP contribution in [0.1, 0.15) is 18.1 Å². The van der Waals surface area contributed by atoms with E-state index in [1.807, 2.05) is 18.2 Å². The van der Waals surface area contributed by atoms with Gasteiger partial charge in [-0.1, -0.05) is 36.4 Å². The molecule has 7 nitrogen and oxygen atoms in total. The van der Waals surface area contributed by atoms with Gasteiger partial charge in [-0.3, -0.25) is 14.6 Å². The summed E-state index contributed by atoms with van der Waals surface area (Å²) in [6, 6.07) is 14.0. The molecule has 0 spiro atoms. The van der Waals surface area contributed by atoms with E-state index in [-0.39, 0.29) is 23.0 Å². The number of carbonyl (C=O) groups excluding carboxylic acids is 1. The molecule has 2 saturated heterocycles. The van der Waals surface area contributed by atoms with Crippen LogP contribution >= 0.6 is 0 Å². The molecule has 0 bridgehead atoms. The highest BCUT2D eigenvalue weighted by Crippen LogP contribution is 2.26. The maximum absolute atomic E-state index is 13.7. The number of piperazine rings is 1. The molecule has 178 valence electrons. The van der Waals surface area contributed by atoms with Gasteiger partial charge < -0.3 is 4.74 Å². The molecule has 2 fully saturated rings. The first kappa shape index (κ1) is 23.8. The van der Waals surface area contributed by atoms with Gasteiger partial charge in [-0.2, -0.15) is 4.31 Å². The lowest BCUT2D eigenvalue weighted by atomic mass is 10.1. The first-order chi connectivity index (χ1) is 15.7. The van der Waals surface area contributed by atoms with Gasteiger partial charge in [-0.25, -0.2) is 12.8 Å². The van der Waals surface area contributed by atoms with Gasteiger partial charge in [0.05, 0.1) is 10.9 Å². The van der Waals surface area contributed by atoms with Crippen molar-refractivity contribution in [3.8, 4) is 0 Å². The van der Waals surface area contributed by atoms with Gasteiger partial charge in [0.15, 0.2) is 0 Å². The fourth-order valence-electron chi connectivity index (χ4n) is 4.75. The van der Waals surface area contributed by atoms with Crippen LogP contribution in [0.2, 0.25) is 0 Å². The van der Waals surface area contributed by atoms with Crippen molar-refractivity contribution in [1.82, 2.24) is 14.1 Å². The Morgan fingerprint density at radius 2 is 1.76 bits per heavy atom. The highest BCUT2D eigenvalue weighted by atomic mass is 32.2. The van der Waals surface area contributed by atoms with Crippen LogP contribution in [0.15, 0.2) is 53.4 Å². The Morgan fingerprint density at radius 1 is 1.06 bits per heavy atom. The Balaban J connectivity index is 1.43. The van der Waals surface area contributed by atoms with Crippen LogP contribution in [0.3, 0.4) is 0 Å². The molecule has 0 N–H and O–H groups in total. The average Bonchev–Trinajstić information content (AvgIpc) is 3.17. The topological polar surface area (TPSA) is 70.2 Å². The number of carbonyl (C=O) groups is 1. The molecule has 0 amide bonds. The third-order valence-corrected chi connectivity index (χ3v) is 8.43. The Hall–Kier alpha value is -2.33. The van der Waals surface area contributed by atoms with Crippen LogP contribution in [-0.4, -0.2) is 79.9 Å². The number of nitrogens with zero attached hydrogens (tertiary/aromatic N) is 3. The van der Waals surface area contributed by atoms with Crippen LogP contribution in [0.4, 0.5) is 4.39 Å². The average molecular weight is 476 g/mol. The number of hydrogen-bond donors (Lipinski definition) is 0. The van der Waals surface area contributed by atoms with Gasteiger partial charge in [-0.05, 0) is 30.2 Å². The minimum atomic E-state index is -3.78. The maximum atomic E-state index is 13.7. The maximum Gasteiger partial charge on any atom is 0.303 e. The number of hydrogen-bond acceptors (Lipinski definition) is 6. The van der Waals surface area contributed by atoms with Crippen LogP contribution in [0, 0.1) is 12.7 Å². The van der Waals surface area contributed by atoms with E-state index in [4.69, 9.17) is 4.74 Å². The van der Waals surface area contributed by atoms with E-state index < -0.39 is 15.8 Å². The van der Waals surface area contributed by atoms with Crippen LogP contribution in [0.25, 0.3) is 0 Å². The van der Waals surface area contributed by atoms with E-state index in [9.17, 15) is 17.6 Å². The summed E-state index contributed by atoms with van der Waals surface area (Å²) >= 11 is 0. The predicted octanol–water partition coefficient (Wildman–Crippen LogP) is 2.26. The van der Waals surface area contributed by atoms with E-state index in [2.05, 4.69) is 21.9 Å². The molecule has 2 aliphatic heterocycles. The van der Waals surface area contributed by atoms with Crippen molar-refractivity contribution >= 4 is 16.0 Å². The van der Waals surface area contributed by atoms with Crippen molar-refractivity contribution in [1.29, 1.82) is 0 Å². The zero-order chi connectivity index (χ0) is 23.6. The molecule has 4 rings (SSSR count). The molecule has 0 aliphatic carbocycles. The number of esters is 1. The molecule has 0 radical (unpaired) electrons. The summed E-state index contributed by atoms with van der Waals surface area (Å²) in [6.07, 6.45) is -0.264. The fourth-order valence-corrected chi connectivity index (χ4v) is 6.41. The van der Waals surface area contributed by atoms with Gasteiger partial charge in [0.1, 0.15) is 11.9 Å². The Kier molecular flexibility index (Phi) is 7.13. The fraction of sp³-hybridized carbons (Fsp3) is 0.458. The standard InChI is InChI=1S/C24H30FN3O4S/c1-18-8-9-21(25)14-24(18)33(30,31)28-12-10-27(11-13-28)22-16-26(17-23(22)32-19(2)29)15-20-6-4-3-5-7-20/h3-9,14,22-23H,10-13,15-17H2,1-2H3/t22?,23-/m1/s1. The highest BCUT2D eigenvalue weighted by Gasteiger charge is 2.41. The molecular formula is C24H30FN3O4S. The number of likely N-dealkylation sites (tertiary alicyclic amines) is 1. The second-order valence-corrected chi connectivity index (χ2v) is 10.7. The second-order valence-electron chi connectivity index (χ2n) is 8.74. The van der Waals surface area contributed by atoms with Gasteiger partial charge in [-0.15, -0.1) is 0 Å². The lowest BCUT2D eigenvalue weighted by molar-refractivity contribution is -0.148. The predicted molar refractivity (Wildman–Crippen MR) is 123 cm³/mol. The van der Waals surface area contributed by atoms with Crippen molar-refractivity contribution in [2.24, 2.45) is 0 Å². The van der Waals surface area contributed by atoms with Gasteiger partial charge in [0.2, 0.25) is 10.0 Å². The summed E-state index contributed by atoms with van der Waals surface area (Å²) in [7, 11) is -3.78. The molecule has 1 unspecified atom stereocenters. The van der Waals surface area contributed by atoms with Crippen LogP contribution in [-0.2, 0) is 26.1 Å². The second kappa shape index (κ2) is 9.89. The first-order valence-corrected chi connectivity index (χ1v) is 12.6. The molecule has 2 aromatic rings. The van der Waals surface area contributed by atoms with Crippen molar-refractivity contribution in [3.05, 3.63) is 65.5 Å². The summed E-state index contributed by atoms with van der Waals surface area (Å²) in [5, 5.41) is 0. The SMILES string of the molecule is CC(=O)O[C@@H]1CN(Cc2ccccc2)CC1N1CCN(S(=O)(=O)c2cc(F)ccc2C)CC1. The van der Waals surface area contributed by atoms with Crippen LogP contribution in [0.5, 0.6) is 0 Å². The molecular weight excluding hydrogens is 445 g/mol. The molecule has 9 heteroatoms. The van der Waals surface area contributed by atoms with Gasteiger partial charge >= 0.3 is 5.97 Å². The Morgan fingerprint density at radius 3 is 2.42 bits per heavy atom. The third-order valence-electron chi connectivity index (χ3n) is 6.39. The number of benzene rings is 2. The minimum Gasteiger partial charge on any atom is -0.459 e. The molecule has 33 heavy (non-hydrogen) atoms. The zero-order valence-electron chi connectivity index (χ0n) is 19.0. The molecule has 2 heterocycles. The smallest absolute Gasteiger partial charge is 0.303 e. The monoisotopic (exact) mass is 475 g/mol. The summed E-state index contributed by atoms with van der Waals surface area (Å²) in [5.41, 5.74) is 1.72. The first-order valence-electron chi connectivity index (χ1n) is 11.2. The Bertz CT molecular complexity index is 1090. The van der Waals surface area contributed by atoms with E-state index in [0.29, 0.717) is 38.3 Å². The number of sulfonamides is 1. The molecule has 2 aromatic carbocycles. The van der Waals surface area contributed by atoms with Crippen LogP contribution < -0.4 is 0 Å². The molecule has 0 aromatic heterocycles. The summed E-state index contributed by atoms with van der Waals surface area (Å²) in [6.45, 7) is 6.89. The van der Waals surface area contributed by atoms with Crippen molar-refractivity contribution in [2.75, 3.05) is 39.3 Å². The molecule has 2 atom stereocenters. The van der Waals surface area contributed by atoms with E-state index in [1.54, 1.807) is 6.92 Å². The largest absolute Gasteiger partial charge is 0.459 e. The highest BCUT2D eigenvalue weighted by molar-refractivity contribution is 7.89. The number of rotatable bonds is 6.